The van der Waals surface area contributed by atoms with Crippen LogP contribution in [0.15, 0.2) is 0 Å². The highest BCUT2D eigenvalue weighted by atomic mass is 16.5. The van der Waals surface area contributed by atoms with Crippen molar-refractivity contribution in [3.63, 3.8) is 0 Å². The van der Waals surface area contributed by atoms with Gasteiger partial charge in [-0.1, -0.05) is 0 Å². The Bertz CT molecular complexity index is 245. The van der Waals surface area contributed by atoms with Gasteiger partial charge in [0.15, 0.2) is 0 Å². The fourth-order valence-corrected chi connectivity index (χ4v) is 2.38. The van der Waals surface area contributed by atoms with Gasteiger partial charge in [0.05, 0.1) is 18.1 Å². The number of likely N-dealkylation sites (tertiary alicyclic amines) is 1. The maximum Gasteiger partial charge on any atom is 0.225 e. The van der Waals surface area contributed by atoms with Crippen LogP contribution in [-0.2, 0) is 9.53 Å². The Labute approximate surface area is 90.2 Å². The molecule has 1 atom stereocenters. The fraction of sp³-hybridized carbons (Fsp3) is 0.909. The molecule has 0 aromatic carbocycles. The second-order valence-corrected chi connectivity index (χ2v) is 4.70. The Morgan fingerprint density at radius 1 is 1.60 bits per heavy atom. The molecule has 4 heteroatoms. The lowest BCUT2D eigenvalue weighted by molar-refractivity contribution is -0.143. The molecule has 0 aromatic rings. The summed E-state index contributed by atoms with van der Waals surface area (Å²) in [5, 5.41) is 9.35. The minimum Gasteiger partial charge on any atom is -0.391 e. The second-order valence-electron chi connectivity index (χ2n) is 4.70. The summed E-state index contributed by atoms with van der Waals surface area (Å²) >= 11 is 0. The molecule has 2 fully saturated rings. The maximum absolute atomic E-state index is 11.9. The van der Waals surface area contributed by atoms with Gasteiger partial charge in [-0.3, -0.25) is 4.79 Å². The summed E-state index contributed by atoms with van der Waals surface area (Å²) in [6.07, 6.45) is 4.01. The lowest BCUT2D eigenvalue weighted by atomic mass is 9.77. The molecule has 1 aliphatic carbocycles. The highest BCUT2D eigenvalue weighted by Gasteiger charge is 2.40. The molecule has 0 unspecified atom stereocenters. The SMILES string of the molecule is COC1(CC(=O)N2CC[C@H](O)C2)CCC1. The van der Waals surface area contributed by atoms with Crippen LogP contribution in [0.3, 0.4) is 0 Å². The van der Waals surface area contributed by atoms with Gasteiger partial charge in [0.2, 0.25) is 5.91 Å². The van der Waals surface area contributed by atoms with E-state index >= 15 is 0 Å². The molecule has 1 N–H and O–H groups in total. The number of aliphatic hydroxyl groups is 1. The first-order valence-electron chi connectivity index (χ1n) is 5.66. The van der Waals surface area contributed by atoms with Gasteiger partial charge in [-0.2, -0.15) is 0 Å². The zero-order chi connectivity index (χ0) is 10.9. The van der Waals surface area contributed by atoms with Crippen LogP contribution in [0.2, 0.25) is 0 Å². The van der Waals surface area contributed by atoms with E-state index in [1.165, 1.54) is 0 Å². The van der Waals surface area contributed by atoms with Crippen LogP contribution in [0.1, 0.15) is 32.1 Å². The Morgan fingerprint density at radius 2 is 2.33 bits per heavy atom. The average molecular weight is 213 g/mol. The molecule has 2 aliphatic rings. The molecular weight excluding hydrogens is 194 g/mol. The van der Waals surface area contributed by atoms with Crippen LogP contribution >= 0.6 is 0 Å². The van der Waals surface area contributed by atoms with Crippen molar-refractivity contribution in [3.05, 3.63) is 0 Å². The number of hydrogen-bond donors (Lipinski definition) is 1. The normalized spacial score (nSPS) is 28.9. The number of β-amino-alcohol motifs (C(OH)–C–C–N with tert-alkyl or cyclic N) is 1. The molecule has 1 heterocycles. The van der Waals surface area contributed by atoms with Gasteiger partial charge in [-0.25, -0.2) is 0 Å². The van der Waals surface area contributed by atoms with E-state index in [0.717, 1.165) is 19.3 Å². The highest BCUT2D eigenvalue weighted by Crippen LogP contribution is 2.38. The van der Waals surface area contributed by atoms with Crippen LogP contribution in [-0.4, -0.2) is 47.8 Å². The highest BCUT2D eigenvalue weighted by molar-refractivity contribution is 5.77. The Morgan fingerprint density at radius 3 is 2.73 bits per heavy atom. The third-order valence-corrected chi connectivity index (χ3v) is 3.69. The number of carbonyl (C=O) groups excluding carboxylic acids is 1. The standard InChI is InChI=1S/C11H19NO3/c1-15-11(4-2-5-11)7-10(14)12-6-3-9(13)8-12/h9,13H,2-8H2,1H3/t9-/m0/s1. The van der Waals surface area contributed by atoms with E-state index in [9.17, 15) is 9.90 Å². The summed E-state index contributed by atoms with van der Waals surface area (Å²) < 4.78 is 5.42. The third-order valence-electron chi connectivity index (χ3n) is 3.69. The van der Waals surface area contributed by atoms with E-state index in [0.29, 0.717) is 25.9 Å². The number of aliphatic hydroxyl groups excluding tert-OH is 1. The Kier molecular flexibility index (Phi) is 2.98. The summed E-state index contributed by atoms with van der Waals surface area (Å²) in [7, 11) is 1.69. The van der Waals surface area contributed by atoms with E-state index in [1.54, 1.807) is 12.0 Å². The predicted molar refractivity (Wildman–Crippen MR) is 55.4 cm³/mol. The van der Waals surface area contributed by atoms with Crippen molar-refractivity contribution in [2.24, 2.45) is 0 Å². The smallest absolute Gasteiger partial charge is 0.225 e. The van der Waals surface area contributed by atoms with Gasteiger partial charge in [-0.05, 0) is 25.7 Å². The van der Waals surface area contributed by atoms with Crippen LogP contribution in [0.4, 0.5) is 0 Å². The average Bonchev–Trinajstić information content (AvgIpc) is 2.58. The topological polar surface area (TPSA) is 49.8 Å². The van der Waals surface area contributed by atoms with Gasteiger partial charge in [0, 0.05) is 20.2 Å². The molecule has 1 saturated heterocycles. The van der Waals surface area contributed by atoms with Gasteiger partial charge >= 0.3 is 0 Å². The monoisotopic (exact) mass is 213 g/mol. The number of rotatable bonds is 3. The minimum absolute atomic E-state index is 0.133. The Balaban J connectivity index is 1.86. The molecule has 0 aromatic heterocycles. The van der Waals surface area contributed by atoms with E-state index in [2.05, 4.69) is 0 Å². The lowest BCUT2D eigenvalue weighted by Crippen LogP contribution is -2.44. The minimum atomic E-state index is -0.325. The maximum atomic E-state index is 11.9. The molecule has 0 spiro atoms. The zero-order valence-corrected chi connectivity index (χ0v) is 9.24. The van der Waals surface area contributed by atoms with Crippen LogP contribution in [0, 0.1) is 0 Å². The molecular formula is C11H19NO3. The van der Waals surface area contributed by atoms with E-state index in [1.807, 2.05) is 0 Å². The molecule has 4 nitrogen and oxygen atoms in total. The lowest BCUT2D eigenvalue weighted by Gasteiger charge is -2.40. The molecule has 0 radical (unpaired) electrons. The van der Waals surface area contributed by atoms with Gasteiger partial charge in [0.1, 0.15) is 0 Å². The number of ether oxygens (including phenoxy) is 1. The molecule has 1 aliphatic heterocycles. The fourth-order valence-electron chi connectivity index (χ4n) is 2.38. The first kappa shape index (κ1) is 10.9. The van der Waals surface area contributed by atoms with Gasteiger partial charge < -0.3 is 14.7 Å². The molecule has 15 heavy (non-hydrogen) atoms. The number of methoxy groups -OCH3 is 1. The van der Waals surface area contributed by atoms with Gasteiger partial charge in [0.25, 0.3) is 0 Å². The molecule has 2 rings (SSSR count). The third kappa shape index (κ3) is 2.16. The van der Waals surface area contributed by atoms with Crippen molar-refractivity contribution in [3.8, 4) is 0 Å². The summed E-state index contributed by atoms with van der Waals surface area (Å²) in [6, 6.07) is 0. The van der Waals surface area contributed by atoms with Crippen molar-refractivity contribution >= 4 is 5.91 Å². The predicted octanol–water partition coefficient (Wildman–Crippen LogP) is 0.539. The van der Waals surface area contributed by atoms with E-state index in [4.69, 9.17) is 4.74 Å². The van der Waals surface area contributed by atoms with E-state index in [-0.39, 0.29) is 17.6 Å². The molecule has 0 bridgehead atoms. The first-order valence-corrected chi connectivity index (χ1v) is 5.66. The van der Waals surface area contributed by atoms with E-state index < -0.39 is 0 Å². The van der Waals surface area contributed by atoms with Crippen molar-refractivity contribution < 1.29 is 14.6 Å². The second kappa shape index (κ2) is 4.10. The summed E-state index contributed by atoms with van der Waals surface area (Å²) in [5.41, 5.74) is -0.190. The summed E-state index contributed by atoms with van der Waals surface area (Å²) in [4.78, 5) is 13.6. The molecule has 1 amide bonds. The van der Waals surface area contributed by atoms with Crippen molar-refractivity contribution in [1.82, 2.24) is 4.90 Å². The number of amides is 1. The molecule has 1 saturated carbocycles. The Hall–Kier alpha value is -0.610. The zero-order valence-electron chi connectivity index (χ0n) is 9.24. The van der Waals surface area contributed by atoms with Crippen molar-refractivity contribution in [2.45, 2.75) is 43.8 Å². The summed E-state index contributed by atoms with van der Waals surface area (Å²) in [5.74, 6) is 0.133. The number of nitrogens with zero attached hydrogens (tertiary/aromatic N) is 1. The van der Waals surface area contributed by atoms with Crippen LogP contribution < -0.4 is 0 Å². The first-order chi connectivity index (χ1) is 7.15. The van der Waals surface area contributed by atoms with Crippen LogP contribution in [0.5, 0.6) is 0 Å². The largest absolute Gasteiger partial charge is 0.391 e. The number of carbonyl (C=O) groups is 1. The van der Waals surface area contributed by atoms with Crippen molar-refractivity contribution in [1.29, 1.82) is 0 Å². The number of hydrogen-bond acceptors (Lipinski definition) is 3. The van der Waals surface area contributed by atoms with Gasteiger partial charge in [-0.15, -0.1) is 0 Å². The van der Waals surface area contributed by atoms with Crippen molar-refractivity contribution in [2.75, 3.05) is 20.2 Å². The summed E-state index contributed by atoms with van der Waals surface area (Å²) in [6.45, 7) is 1.19. The quantitative estimate of drug-likeness (QED) is 0.744. The molecule has 86 valence electrons. The van der Waals surface area contributed by atoms with Crippen LogP contribution in [0.25, 0.3) is 0 Å².